The molecule has 0 spiro atoms. The van der Waals surface area contributed by atoms with E-state index in [1.165, 1.54) is 95.8 Å². The van der Waals surface area contributed by atoms with Gasteiger partial charge >= 0.3 is 0 Å². The van der Waals surface area contributed by atoms with E-state index in [-0.39, 0.29) is 34.5 Å². The molecule has 3 heterocycles. The Balaban J connectivity index is 0.000000198. The van der Waals surface area contributed by atoms with E-state index < -0.39 is 5.91 Å². The number of hydrogen-bond donors (Lipinski definition) is 4. The van der Waals surface area contributed by atoms with Crippen LogP contribution in [0.25, 0.3) is 10.9 Å². The third-order valence-corrected chi connectivity index (χ3v) is 11.5. The van der Waals surface area contributed by atoms with Crippen molar-refractivity contribution in [1.29, 1.82) is 5.41 Å². The summed E-state index contributed by atoms with van der Waals surface area (Å²) in [6, 6.07) is 15.3. The van der Waals surface area contributed by atoms with Crippen molar-refractivity contribution in [3.8, 4) is 5.75 Å². The van der Waals surface area contributed by atoms with Crippen LogP contribution in [0.4, 0.5) is 17.1 Å². The summed E-state index contributed by atoms with van der Waals surface area (Å²) < 4.78 is 9.23. The number of hydrogen-bond acceptors (Lipinski definition) is 8. The zero-order chi connectivity index (χ0) is 39.6. The van der Waals surface area contributed by atoms with Gasteiger partial charge in [0.2, 0.25) is 12.3 Å². The van der Waals surface area contributed by atoms with Crippen molar-refractivity contribution in [2.45, 2.75) is 82.7 Å². The number of likely N-dealkylation sites (tertiary alicyclic amines) is 1. The summed E-state index contributed by atoms with van der Waals surface area (Å²) in [6.45, 7) is 3.98. The molecular formula is C43H56N8O5. The zero-order valence-electron chi connectivity index (χ0n) is 32.7. The number of nitrogens with zero attached hydrogens (tertiary/aromatic N) is 4. The van der Waals surface area contributed by atoms with Gasteiger partial charge in [0.25, 0.3) is 11.5 Å². The molecule has 13 heteroatoms. The largest absolute Gasteiger partial charge is 0.496 e. The Morgan fingerprint density at radius 1 is 0.964 bits per heavy atom. The van der Waals surface area contributed by atoms with Crippen LogP contribution < -0.4 is 31.6 Å². The van der Waals surface area contributed by atoms with Crippen molar-refractivity contribution in [2.75, 3.05) is 56.3 Å². The van der Waals surface area contributed by atoms with Crippen LogP contribution in [0.1, 0.15) is 98.6 Å². The van der Waals surface area contributed by atoms with Crippen LogP contribution in [-0.2, 0) is 9.59 Å². The van der Waals surface area contributed by atoms with Gasteiger partial charge in [0.15, 0.2) is 0 Å². The molecule has 1 aliphatic heterocycles. The Kier molecular flexibility index (Phi) is 13.6. The van der Waals surface area contributed by atoms with Crippen molar-refractivity contribution in [2.24, 2.45) is 5.92 Å². The van der Waals surface area contributed by atoms with Gasteiger partial charge in [0.1, 0.15) is 11.4 Å². The predicted octanol–water partition coefficient (Wildman–Crippen LogP) is 6.37. The highest BCUT2D eigenvalue weighted by Crippen LogP contribution is 2.35. The molecule has 2 saturated carbocycles. The van der Waals surface area contributed by atoms with Crippen LogP contribution in [0.3, 0.4) is 0 Å². The molecule has 2 aromatic heterocycles. The number of methoxy groups -OCH3 is 1. The number of rotatable bonds is 14. The van der Waals surface area contributed by atoms with Crippen LogP contribution in [0, 0.1) is 11.3 Å². The minimum atomic E-state index is -0.486. The quantitative estimate of drug-likeness (QED) is 0.0658. The second kappa shape index (κ2) is 18.9. The lowest BCUT2D eigenvalue weighted by atomic mass is 9.87. The van der Waals surface area contributed by atoms with Gasteiger partial charge in [-0.05, 0) is 81.0 Å². The molecule has 4 aromatic rings. The summed E-state index contributed by atoms with van der Waals surface area (Å²) in [5.41, 5.74) is 8.80. The highest BCUT2D eigenvalue weighted by Gasteiger charge is 2.26. The maximum atomic E-state index is 12.6. The topological polar surface area (TPSA) is 168 Å². The van der Waals surface area contributed by atoms with Gasteiger partial charge in [-0.25, -0.2) is 0 Å². The highest BCUT2D eigenvalue weighted by atomic mass is 16.5. The number of carbonyl (C=O) groups excluding carboxylic acids is 3. The molecule has 7 rings (SSSR count). The van der Waals surface area contributed by atoms with E-state index in [1.54, 1.807) is 34.8 Å². The van der Waals surface area contributed by atoms with E-state index in [0.29, 0.717) is 30.3 Å². The smallest absolute Gasteiger partial charge is 0.274 e. The van der Waals surface area contributed by atoms with Crippen LogP contribution >= 0.6 is 0 Å². The van der Waals surface area contributed by atoms with Gasteiger partial charge in [-0.15, -0.1) is 0 Å². The Labute approximate surface area is 328 Å². The number of nitrogen functional groups attached to an aromatic ring is 1. The lowest BCUT2D eigenvalue weighted by molar-refractivity contribution is -0.120. The number of aromatic nitrogens is 2. The van der Waals surface area contributed by atoms with Gasteiger partial charge in [0, 0.05) is 86.5 Å². The fourth-order valence-corrected chi connectivity index (χ4v) is 8.10. The second-order valence-corrected chi connectivity index (χ2v) is 15.2. The van der Waals surface area contributed by atoms with E-state index in [9.17, 15) is 19.2 Å². The molecule has 3 aliphatic rings. The molecular weight excluding hydrogens is 709 g/mol. The summed E-state index contributed by atoms with van der Waals surface area (Å²) >= 11 is 0. The van der Waals surface area contributed by atoms with Crippen molar-refractivity contribution >= 4 is 52.4 Å². The Morgan fingerprint density at radius 2 is 1.71 bits per heavy atom. The number of benzene rings is 2. The molecule has 0 atom stereocenters. The lowest BCUT2D eigenvalue weighted by Gasteiger charge is -2.34. The lowest BCUT2D eigenvalue weighted by Crippen LogP contribution is -2.36. The number of nitrogens with two attached hydrogens (primary N) is 1. The molecule has 5 N–H and O–H groups in total. The van der Waals surface area contributed by atoms with Crippen LogP contribution in [-0.4, -0.2) is 78.8 Å². The SMILES string of the molecule is CNC(=O)CCN(C=O)c1cccc2c1ccn2C1CCN(CCC2CCCCC2)CC1.COc1cc(N)c(C=N)cc1C(=O)Nc1cccn(C2CC2)c1=O. The fraction of sp³-hybridized carbons (Fsp3) is 0.465. The zero-order valence-corrected chi connectivity index (χ0v) is 32.7. The van der Waals surface area contributed by atoms with E-state index in [2.05, 4.69) is 38.4 Å². The van der Waals surface area contributed by atoms with Crippen LogP contribution in [0.2, 0.25) is 0 Å². The van der Waals surface area contributed by atoms with Crippen LogP contribution in [0.5, 0.6) is 5.75 Å². The summed E-state index contributed by atoms with van der Waals surface area (Å²) in [5.74, 6) is 0.698. The first kappa shape index (κ1) is 40.2. The molecule has 3 amide bonds. The number of carbonyl (C=O) groups is 3. The van der Waals surface area contributed by atoms with Gasteiger partial charge in [-0.3, -0.25) is 19.2 Å². The molecule has 2 aliphatic carbocycles. The number of fused-ring (bicyclic) bond motifs is 1. The molecule has 2 aromatic carbocycles. The fourth-order valence-electron chi connectivity index (χ4n) is 8.10. The third-order valence-electron chi connectivity index (χ3n) is 11.5. The number of anilines is 3. The molecule has 298 valence electrons. The third kappa shape index (κ3) is 9.68. The molecule has 3 fully saturated rings. The first-order valence-electron chi connectivity index (χ1n) is 20.0. The van der Waals surface area contributed by atoms with Gasteiger partial charge in [-0.2, -0.15) is 0 Å². The average molecular weight is 765 g/mol. The molecule has 56 heavy (non-hydrogen) atoms. The second-order valence-electron chi connectivity index (χ2n) is 15.2. The van der Waals surface area contributed by atoms with Gasteiger partial charge in [-0.1, -0.05) is 38.2 Å². The Morgan fingerprint density at radius 3 is 2.39 bits per heavy atom. The van der Waals surface area contributed by atoms with E-state index in [1.807, 2.05) is 12.1 Å². The number of pyridine rings is 1. The molecule has 0 unspecified atom stereocenters. The van der Waals surface area contributed by atoms with Gasteiger partial charge < -0.3 is 45.4 Å². The van der Waals surface area contributed by atoms with Crippen molar-refractivity contribution in [1.82, 2.24) is 19.4 Å². The molecule has 0 bridgehead atoms. The number of nitrogens with one attached hydrogen (secondary N) is 3. The first-order chi connectivity index (χ1) is 27.2. The summed E-state index contributed by atoms with van der Waals surface area (Å²) in [4.78, 5) is 52.7. The van der Waals surface area contributed by atoms with Gasteiger partial charge in [0.05, 0.1) is 23.9 Å². The maximum absolute atomic E-state index is 12.6. The monoisotopic (exact) mass is 764 g/mol. The highest BCUT2D eigenvalue weighted by molar-refractivity contribution is 6.08. The van der Waals surface area contributed by atoms with E-state index in [0.717, 1.165) is 42.5 Å². The maximum Gasteiger partial charge on any atom is 0.274 e. The summed E-state index contributed by atoms with van der Waals surface area (Å²) in [5, 5.41) is 13.7. The van der Waals surface area contributed by atoms with E-state index >= 15 is 0 Å². The Hall–Kier alpha value is -5.43. The Bertz CT molecular complexity index is 2060. The predicted molar refractivity (Wildman–Crippen MR) is 222 cm³/mol. The van der Waals surface area contributed by atoms with E-state index in [4.69, 9.17) is 15.9 Å². The minimum absolute atomic E-state index is 0.0585. The summed E-state index contributed by atoms with van der Waals surface area (Å²) in [7, 11) is 3.05. The average Bonchev–Trinajstić information content (AvgIpc) is 3.99. The van der Waals surface area contributed by atoms with Crippen molar-refractivity contribution in [3.63, 3.8) is 0 Å². The molecule has 13 nitrogen and oxygen atoms in total. The van der Waals surface area contributed by atoms with Crippen LogP contribution in [0.15, 0.2) is 65.7 Å². The van der Waals surface area contributed by atoms with Crippen molar-refractivity contribution < 1.29 is 19.1 Å². The minimum Gasteiger partial charge on any atom is -0.496 e. The first-order valence-corrected chi connectivity index (χ1v) is 20.0. The molecule has 1 saturated heterocycles. The number of ether oxygens (including phenoxy) is 1. The number of amides is 3. The normalized spacial score (nSPS) is 16.4. The number of piperidine rings is 1. The van der Waals surface area contributed by atoms with Crippen molar-refractivity contribution in [3.05, 3.63) is 82.4 Å². The summed E-state index contributed by atoms with van der Waals surface area (Å²) in [6.07, 6.45) is 19.0. The standard InChI is InChI=1S/C26H38N4O2.C17H18N4O3/c1-27-26(32)14-18-29(20-31)24-8-5-9-25-23(24)13-19-30(25)22-11-16-28(17-12-22)15-10-21-6-3-2-4-7-21;1-24-15-8-13(19)10(9-18)7-12(15)16(22)20-14-3-2-6-21(17(14)23)11-4-5-11/h5,8-9,13,19-22H,2-4,6-7,10-12,14-18H2,1H3,(H,27,32);2-3,6-9,11,18H,4-5,19H2,1H3,(H,20,22). The molecule has 0 radical (unpaired) electrons.